The number of thiophene rings is 1. The molecule has 0 saturated heterocycles. The Balaban J connectivity index is 1.89. The van der Waals surface area contributed by atoms with Crippen LogP contribution >= 0.6 is 27.3 Å². The maximum absolute atomic E-state index is 13.4. The van der Waals surface area contributed by atoms with Gasteiger partial charge >= 0.3 is 5.97 Å². The van der Waals surface area contributed by atoms with Gasteiger partial charge in [-0.05, 0) is 34.5 Å². The molecule has 0 saturated carbocycles. The SMILES string of the molecule is CCCc1nc2sc3c(c2c(=O)n1Cc1ccc(Br)o1)C=CCC3OC(C)=O. The van der Waals surface area contributed by atoms with Crippen LogP contribution in [-0.4, -0.2) is 15.5 Å². The van der Waals surface area contributed by atoms with Gasteiger partial charge in [0.1, 0.15) is 22.5 Å². The molecular weight excluding hydrogens is 444 g/mol. The van der Waals surface area contributed by atoms with Crippen molar-refractivity contribution in [2.75, 3.05) is 0 Å². The number of rotatable bonds is 5. The van der Waals surface area contributed by atoms with Crippen molar-refractivity contribution in [1.82, 2.24) is 9.55 Å². The van der Waals surface area contributed by atoms with E-state index < -0.39 is 0 Å². The number of esters is 1. The Morgan fingerprint density at radius 1 is 1.46 bits per heavy atom. The van der Waals surface area contributed by atoms with Gasteiger partial charge in [-0.25, -0.2) is 4.98 Å². The molecule has 6 nitrogen and oxygen atoms in total. The van der Waals surface area contributed by atoms with Crippen molar-refractivity contribution in [1.29, 1.82) is 0 Å². The van der Waals surface area contributed by atoms with Crippen LogP contribution < -0.4 is 5.56 Å². The molecule has 4 rings (SSSR count). The van der Waals surface area contributed by atoms with E-state index in [1.54, 1.807) is 4.57 Å². The highest BCUT2D eigenvalue weighted by Crippen LogP contribution is 2.40. The first-order valence-corrected chi connectivity index (χ1v) is 10.7. The standard InChI is InChI=1S/C20H19BrN2O4S/c1-3-5-16-22-19-17(20(25)23(16)10-12-8-9-15(21)27-12)13-6-4-7-14(18(13)28-19)26-11(2)24/h4,6,8-9,14H,3,5,7,10H2,1-2H3. The number of hydrogen-bond acceptors (Lipinski definition) is 6. The van der Waals surface area contributed by atoms with Crippen LogP contribution in [0.15, 0.2) is 32.1 Å². The molecule has 0 aromatic carbocycles. The van der Waals surface area contributed by atoms with Crippen LogP contribution in [-0.2, 0) is 22.5 Å². The topological polar surface area (TPSA) is 74.3 Å². The normalized spacial score (nSPS) is 15.8. The van der Waals surface area contributed by atoms with Crippen molar-refractivity contribution < 1.29 is 13.9 Å². The third-order valence-electron chi connectivity index (χ3n) is 4.61. The number of carbonyl (C=O) groups is 1. The van der Waals surface area contributed by atoms with Crippen molar-refractivity contribution in [2.24, 2.45) is 0 Å². The lowest BCUT2D eigenvalue weighted by molar-refractivity contribution is -0.146. The number of hydrogen-bond donors (Lipinski definition) is 0. The van der Waals surface area contributed by atoms with Crippen LogP contribution in [0, 0.1) is 0 Å². The minimum Gasteiger partial charge on any atom is -0.456 e. The Labute approximate surface area is 174 Å². The predicted octanol–water partition coefficient (Wildman–Crippen LogP) is 4.84. The molecule has 28 heavy (non-hydrogen) atoms. The maximum atomic E-state index is 13.4. The second kappa shape index (κ2) is 7.67. The molecule has 0 bridgehead atoms. The van der Waals surface area contributed by atoms with E-state index in [9.17, 15) is 9.59 Å². The molecule has 0 N–H and O–H groups in total. The zero-order valence-corrected chi connectivity index (χ0v) is 17.9. The molecule has 0 spiro atoms. The van der Waals surface area contributed by atoms with E-state index >= 15 is 0 Å². The van der Waals surface area contributed by atoms with Gasteiger partial charge < -0.3 is 9.15 Å². The second-order valence-electron chi connectivity index (χ2n) is 6.67. The third-order valence-corrected chi connectivity index (χ3v) is 6.23. The fourth-order valence-corrected chi connectivity index (χ4v) is 5.01. The molecule has 1 aliphatic carbocycles. The Morgan fingerprint density at radius 3 is 2.96 bits per heavy atom. The molecule has 0 fully saturated rings. The first-order valence-electron chi connectivity index (χ1n) is 9.12. The smallest absolute Gasteiger partial charge is 0.303 e. The van der Waals surface area contributed by atoms with Gasteiger partial charge in [0.15, 0.2) is 4.67 Å². The summed E-state index contributed by atoms with van der Waals surface area (Å²) in [4.78, 5) is 31.3. The summed E-state index contributed by atoms with van der Waals surface area (Å²) < 4.78 is 13.4. The van der Waals surface area contributed by atoms with Gasteiger partial charge in [-0.3, -0.25) is 14.2 Å². The number of nitrogens with zero attached hydrogens (tertiary/aromatic N) is 2. The monoisotopic (exact) mass is 462 g/mol. The largest absolute Gasteiger partial charge is 0.456 e. The predicted molar refractivity (Wildman–Crippen MR) is 112 cm³/mol. The maximum Gasteiger partial charge on any atom is 0.303 e. The van der Waals surface area contributed by atoms with Crippen molar-refractivity contribution in [2.45, 2.75) is 45.8 Å². The fourth-order valence-electron chi connectivity index (χ4n) is 3.46. The van der Waals surface area contributed by atoms with Crippen LogP contribution in [0.4, 0.5) is 0 Å². The summed E-state index contributed by atoms with van der Waals surface area (Å²) in [7, 11) is 0. The number of aryl methyl sites for hydroxylation is 1. The number of aromatic nitrogens is 2. The molecule has 3 aromatic heterocycles. The molecule has 0 amide bonds. The third kappa shape index (κ3) is 3.46. The van der Waals surface area contributed by atoms with E-state index in [0.29, 0.717) is 40.0 Å². The molecule has 1 aliphatic rings. The Morgan fingerprint density at radius 2 is 2.29 bits per heavy atom. The fraction of sp³-hybridized carbons (Fsp3) is 0.350. The number of fused-ring (bicyclic) bond motifs is 3. The van der Waals surface area contributed by atoms with Crippen LogP contribution in [0.3, 0.4) is 0 Å². The van der Waals surface area contributed by atoms with E-state index in [-0.39, 0.29) is 17.6 Å². The first-order chi connectivity index (χ1) is 13.5. The molecule has 3 aromatic rings. The van der Waals surface area contributed by atoms with Crippen molar-refractivity contribution in [3.8, 4) is 0 Å². The quantitative estimate of drug-likeness (QED) is 0.507. The second-order valence-corrected chi connectivity index (χ2v) is 8.48. The van der Waals surface area contributed by atoms with E-state index in [2.05, 4.69) is 22.9 Å². The van der Waals surface area contributed by atoms with Crippen LogP contribution in [0.2, 0.25) is 0 Å². The van der Waals surface area contributed by atoms with Crippen molar-refractivity contribution in [3.63, 3.8) is 0 Å². The van der Waals surface area contributed by atoms with Gasteiger partial charge in [-0.15, -0.1) is 11.3 Å². The molecule has 0 radical (unpaired) electrons. The number of ether oxygens (including phenoxy) is 1. The molecule has 146 valence electrons. The molecule has 1 atom stereocenters. The first kappa shape index (κ1) is 19.1. The summed E-state index contributed by atoms with van der Waals surface area (Å²) in [5, 5.41) is 0.582. The molecule has 1 unspecified atom stereocenters. The molecular formula is C20H19BrN2O4S. The van der Waals surface area contributed by atoms with Gasteiger partial charge in [0.25, 0.3) is 5.56 Å². The highest BCUT2D eigenvalue weighted by atomic mass is 79.9. The highest BCUT2D eigenvalue weighted by molar-refractivity contribution is 9.10. The zero-order valence-electron chi connectivity index (χ0n) is 15.5. The average Bonchev–Trinajstić information content (AvgIpc) is 3.22. The lowest BCUT2D eigenvalue weighted by atomic mass is 10.0. The van der Waals surface area contributed by atoms with Crippen LogP contribution in [0.25, 0.3) is 16.3 Å². The summed E-state index contributed by atoms with van der Waals surface area (Å²) in [6.45, 7) is 3.78. The van der Waals surface area contributed by atoms with E-state index in [1.807, 2.05) is 24.3 Å². The average molecular weight is 463 g/mol. The Bertz CT molecular complexity index is 1140. The summed E-state index contributed by atoms with van der Waals surface area (Å²) in [5.41, 5.74) is 0.721. The van der Waals surface area contributed by atoms with Gasteiger partial charge in [0.2, 0.25) is 0 Å². The number of carbonyl (C=O) groups excluding carboxylic acids is 1. The lowest BCUT2D eigenvalue weighted by Crippen LogP contribution is -2.26. The highest BCUT2D eigenvalue weighted by Gasteiger charge is 2.27. The summed E-state index contributed by atoms with van der Waals surface area (Å²) >= 11 is 4.74. The van der Waals surface area contributed by atoms with Crippen LogP contribution in [0.1, 0.15) is 54.8 Å². The summed E-state index contributed by atoms with van der Waals surface area (Å²) in [5.74, 6) is 1.09. The minimum atomic E-state index is -0.361. The minimum absolute atomic E-state index is 0.0911. The Hall–Kier alpha value is -2.19. The van der Waals surface area contributed by atoms with Crippen molar-refractivity contribution >= 4 is 49.5 Å². The Kier molecular flexibility index (Phi) is 5.25. The number of halogens is 1. The summed E-state index contributed by atoms with van der Waals surface area (Å²) in [6, 6.07) is 3.65. The molecule has 0 aliphatic heterocycles. The summed E-state index contributed by atoms with van der Waals surface area (Å²) in [6.07, 6.45) is 5.69. The van der Waals surface area contributed by atoms with E-state index in [1.165, 1.54) is 18.3 Å². The van der Waals surface area contributed by atoms with Crippen molar-refractivity contribution in [3.05, 3.63) is 55.3 Å². The molecule has 8 heteroatoms. The zero-order chi connectivity index (χ0) is 19.8. The van der Waals surface area contributed by atoms with Gasteiger partial charge in [0.05, 0.1) is 16.8 Å². The van der Waals surface area contributed by atoms with Gasteiger partial charge in [0, 0.05) is 25.3 Å². The number of furan rings is 1. The van der Waals surface area contributed by atoms with E-state index in [0.717, 1.165) is 22.7 Å². The van der Waals surface area contributed by atoms with Crippen LogP contribution in [0.5, 0.6) is 0 Å². The lowest BCUT2D eigenvalue weighted by Gasteiger charge is -2.18. The molecule has 3 heterocycles. The van der Waals surface area contributed by atoms with Gasteiger partial charge in [-0.2, -0.15) is 0 Å². The van der Waals surface area contributed by atoms with E-state index in [4.69, 9.17) is 14.1 Å². The van der Waals surface area contributed by atoms with Gasteiger partial charge in [-0.1, -0.05) is 19.1 Å².